The number of hydrogen-bond donors (Lipinski definition) is 0. The first-order valence-corrected chi connectivity index (χ1v) is 22.1. The zero-order valence-electron chi connectivity index (χ0n) is 36.0. The molecule has 0 fully saturated rings. The van der Waals surface area contributed by atoms with Crippen LogP contribution in [-0.4, -0.2) is 4.57 Å². The summed E-state index contributed by atoms with van der Waals surface area (Å²) in [5.41, 5.74) is 20.8. The summed E-state index contributed by atoms with van der Waals surface area (Å²) in [5.74, 6) is 0. The summed E-state index contributed by atoms with van der Waals surface area (Å²) in [5, 5.41) is 2.47. The lowest BCUT2D eigenvalue weighted by Crippen LogP contribution is -2.18. The molecule has 0 atom stereocenters. The molecule has 12 rings (SSSR count). The normalized spacial score (nSPS) is 14.0. The highest BCUT2D eigenvalue weighted by atomic mass is 15.1. The lowest BCUT2D eigenvalue weighted by atomic mass is 9.82. The zero-order chi connectivity index (χ0) is 42.5. The Morgan fingerprint density at radius 2 is 0.698 bits per heavy atom. The lowest BCUT2D eigenvalue weighted by Gasteiger charge is -2.30. The molecule has 2 aliphatic carbocycles. The third-order valence-electron chi connectivity index (χ3n) is 13.9. The minimum Gasteiger partial charge on any atom is -0.310 e. The van der Waals surface area contributed by atoms with E-state index in [2.05, 4.69) is 254 Å². The fourth-order valence-electron chi connectivity index (χ4n) is 10.8. The zero-order valence-corrected chi connectivity index (χ0v) is 36.0. The van der Waals surface area contributed by atoms with Gasteiger partial charge in [-0.05, 0) is 142 Å². The molecule has 3 heteroatoms. The van der Waals surface area contributed by atoms with E-state index in [1.807, 2.05) is 0 Å². The van der Waals surface area contributed by atoms with Crippen LogP contribution in [0, 0.1) is 0 Å². The maximum Gasteiger partial charge on any atom is 0.0542 e. The number of rotatable bonds is 7. The Bertz CT molecular complexity index is 3400. The van der Waals surface area contributed by atoms with E-state index in [1.54, 1.807) is 0 Å². The van der Waals surface area contributed by atoms with Crippen LogP contribution in [0.4, 0.5) is 34.1 Å². The van der Waals surface area contributed by atoms with Gasteiger partial charge in [-0.1, -0.05) is 143 Å². The van der Waals surface area contributed by atoms with Crippen molar-refractivity contribution in [3.63, 3.8) is 0 Å². The van der Waals surface area contributed by atoms with Crippen molar-refractivity contribution in [1.29, 1.82) is 0 Å². The molecule has 1 heterocycles. The summed E-state index contributed by atoms with van der Waals surface area (Å²) in [6.07, 6.45) is 0. The molecule has 0 bridgehead atoms. The fourth-order valence-corrected chi connectivity index (χ4v) is 10.8. The standard InChI is InChI=1S/C60H47N3/c1-59(2)53-26-16-14-24-47(53)48-32-28-45(37-54(48)59)62(41-20-10-6-11-21-41)46-30-34-50-49-33-29-44(38-55(49)60(3,4)56(50)39-46)61(40-18-8-5-9-19-40)43-31-35-58-52(36-43)51-25-15-17-27-57(51)63(58)42-22-12-7-13-23-42/h5-39H,1-4H3. The second kappa shape index (κ2) is 14.0. The van der Waals surface area contributed by atoms with Crippen LogP contribution < -0.4 is 9.80 Å². The van der Waals surface area contributed by atoms with Gasteiger partial charge in [-0.2, -0.15) is 0 Å². The number of aromatic nitrogens is 1. The Morgan fingerprint density at radius 3 is 1.25 bits per heavy atom. The van der Waals surface area contributed by atoms with Crippen LogP contribution in [0.2, 0.25) is 0 Å². The summed E-state index contributed by atoms with van der Waals surface area (Å²) in [4.78, 5) is 4.86. The minimum absolute atomic E-state index is 0.0933. The van der Waals surface area contributed by atoms with Crippen molar-refractivity contribution in [2.45, 2.75) is 38.5 Å². The summed E-state index contributed by atoms with van der Waals surface area (Å²) in [6, 6.07) is 78.2. The van der Waals surface area contributed by atoms with Crippen molar-refractivity contribution < 1.29 is 0 Å². The van der Waals surface area contributed by atoms with Gasteiger partial charge in [0.25, 0.3) is 0 Å². The molecule has 0 radical (unpaired) electrons. The van der Waals surface area contributed by atoms with Crippen molar-refractivity contribution in [3.8, 4) is 27.9 Å². The predicted octanol–water partition coefficient (Wildman–Crippen LogP) is 16.3. The number of hydrogen-bond acceptors (Lipinski definition) is 2. The van der Waals surface area contributed by atoms with Gasteiger partial charge in [0.2, 0.25) is 0 Å². The Kier molecular flexibility index (Phi) is 8.23. The van der Waals surface area contributed by atoms with Gasteiger partial charge in [0.05, 0.1) is 11.0 Å². The highest BCUT2D eigenvalue weighted by molar-refractivity contribution is 6.10. The van der Waals surface area contributed by atoms with Crippen molar-refractivity contribution in [3.05, 3.63) is 235 Å². The van der Waals surface area contributed by atoms with E-state index >= 15 is 0 Å². The van der Waals surface area contributed by atoms with Gasteiger partial charge in [0, 0.05) is 61.4 Å². The van der Waals surface area contributed by atoms with Gasteiger partial charge in [0.1, 0.15) is 0 Å². The van der Waals surface area contributed by atoms with Crippen LogP contribution in [0.1, 0.15) is 49.9 Å². The number of benzene rings is 9. The Labute approximate surface area is 369 Å². The molecular weight excluding hydrogens is 763 g/mol. The molecule has 0 unspecified atom stereocenters. The maximum atomic E-state index is 2.44. The average molecular weight is 810 g/mol. The third-order valence-corrected chi connectivity index (χ3v) is 13.9. The molecule has 1 aromatic heterocycles. The lowest BCUT2D eigenvalue weighted by molar-refractivity contribution is 0.660. The highest BCUT2D eigenvalue weighted by Crippen LogP contribution is 2.54. The van der Waals surface area contributed by atoms with Crippen molar-refractivity contribution in [2.75, 3.05) is 9.80 Å². The Morgan fingerprint density at radius 1 is 0.302 bits per heavy atom. The molecule has 0 aliphatic heterocycles. The number of para-hydroxylation sites is 4. The largest absolute Gasteiger partial charge is 0.310 e. The first kappa shape index (κ1) is 37.2. The third kappa shape index (κ3) is 5.66. The van der Waals surface area contributed by atoms with Gasteiger partial charge in [-0.3, -0.25) is 0 Å². The number of nitrogens with zero attached hydrogens (tertiary/aromatic N) is 3. The molecule has 0 spiro atoms. The molecule has 0 saturated heterocycles. The van der Waals surface area contributed by atoms with Crippen molar-refractivity contribution in [1.82, 2.24) is 4.57 Å². The van der Waals surface area contributed by atoms with E-state index in [9.17, 15) is 0 Å². The van der Waals surface area contributed by atoms with E-state index in [0.717, 1.165) is 34.1 Å². The van der Waals surface area contributed by atoms with Gasteiger partial charge in [-0.25, -0.2) is 0 Å². The first-order valence-electron chi connectivity index (χ1n) is 22.1. The minimum atomic E-state index is -0.254. The molecule has 302 valence electrons. The summed E-state index contributed by atoms with van der Waals surface area (Å²) in [7, 11) is 0. The Hall–Kier alpha value is -7.62. The first-order chi connectivity index (χ1) is 30.8. The van der Waals surface area contributed by atoms with Crippen LogP contribution in [0.5, 0.6) is 0 Å². The molecule has 0 N–H and O–H groups in total. The van der Waals surface area contributed by atoms with E-state index < -0.39 is 0 Å². The summed E-state index contributed by atoms with van der Waals surface area (Å²) >= 11 is 0. The predicted molar refractivity (Wildman–Crippen MR) is 265 cm³/mol. The number of anilines is 6. The molecule has 2 aliphatic rings. The Balaban J connectivity index is 0.966. The summed E-state index contributed by atoms with van der Waals surface area (Å²) in [6.45, 7) is 9.51. The van der Waals surface area contributed by atoms with Crippen LogP contribution in [0.25, 0.3) is 49.7 Å². The van der Waals surface area contributed by atoms with E-state index in [-0.39, 0.29) is 10.8 Å². The molecule has 10 aromatic rings. The summed E-state index contributed by atoms with van der Waals surface area (Å²) < 4.78 is 2.38. The van der Waals surface area contributed by atoms with Gasteiger partial charge >= 0.3 is 0 Å². The van der Waals surface area contributed by atoms with Crippen molar-refractivity contribution in [2.24, 2.45) is 0 Å². The van der Waals surface area contributed by atoms with Crippen molar-refractivity contribution >= 4 is 55.9 Å². The molecule has 0 amide bonds. The van der Waals surface area contributed by atoms with E-state index in [0.29, 0.717) is 0 Å². The monoisotopic (exact) mass is 809 g/mol. The van der Waals surface area contributed by atoms with E-state index in [4.69, 9.17) is 0 Å². The average Bonchev–Trinajstić information content (AvgIpc) is 3.86. The molecule has 0 saturated carbocycles. The quantitative estimate of drug-likeness (QED) is 0.159. The topological polar surface area (TPSA) is 11.4 Å². The smallest absolute Gasteiger partial charge is 0.0542 e. The maximum absolute atomic E-state index is 2.44. The van der Waals surface area contributed by atoms with Gasteiger partial charge < -0.3 is 14.4 Å². The second-order valence-electron chi connectivity index (χ2n) is 18.2. The molecule has 63 heavy (non-hydrogen) atoms. The van der Waals surface area contributed by atoms with E-state index in [1.165, 1.54) is 72.0 Å². The van der Waals surface area contributed by atoms with Crippen LogP contribution in [0.15, 0.2) is 212 Å². The second-order valence-corrected chi connectivity index (χ2v) is 18.2. The SMILES string of the molecule is CC1(C)c2ccccc2-c2ccc(N(c3ccccc3)c3ccc4c(c3)C(C)(C)c3cc(N(c5ccccc5)c5ccc6c(c5)c5ccccc5n6-c5ccccc5)ccc3-4)cc21. The van der Waals surface area contributed by atoms with Gasteiger partial charge in [-0.15, -0.1) is 0 Å². The van der Waals surface area contributed by atoms with Crippen LogP contribution in [-0.2, 0) is 10.8 Å². The number of fused-ring (bicyclic) bond motifs is 9. The molecule has 9 aromatic carbocycles. The molecular formula is C60H47N3. The highest BCUT2D eigenvalue weighted by Gasteiger charge is 2.38. The van der Waals surface area contributed by atoms with Crippen LogP contribution in [0.3, 0.4) is 0 Å². The van der Waals surface area contributed by atoms with Crippen LogP contribution >= 0.6 is 0 Å². The van der Waals surface area contributed by atoms with Gasteiger partial charge in [0.15, 0.2) is 0 Å². The molecule has 3 nitrogen and oxygen atoms in total. The fraction of sp³-hybridized carbons (Fsp3) is 0.100.